The Morgan fingerprint density at radius 2 is 1.68 bits per heavy atom. The normalized spacial score (nSPS) is 21.1. The molecular formula is C26H36F3N7O3S. The van der Waals surface area contributed by atoms with Crippen LogP contribution in [0.4, 0.5) is 30.6 Å². The molecule has 0 spiro atoms. The van der Waals surface area contributed by atoms with Gasteiger partial charge in [-0.2, -0.15) is 18.2 Å². The van der Waals surface area contributed by atoms with Gasteiger partial charge in [0.25, 0.3) is 5.91 Å². The van der Waals surface area contributed by atoms with Crippen LogP contribution in [0.2, 0.25) is 0 Å². The molecule has 2 aliphatic rings. The monoisotopic (exact) mass is 583 g/mol. The van der Waals surface area contributed by atoms with Gasteiger partial charge in [-0.3, -0.25) is 4.79 Å². The number of benzene rings is 1. The molecule has 2 heterocycles. The van der Waals surface area contributed by atoms with E-state index in [9.17, 15) is 26.4 Å². The standard InChI is InChI=1S/C26H36F3N7O3S/c1-35-14-12-19(13-15-35)36(2)24(37)17-8-10-18(11-9-17)31-25-30-16-20(26(27,28)29)23(33-25)32-21-6-4-5-7-22(21)34-40(3,38)39/h8-11,16,19,21-22,34H,4-7,12-15H2,1-3H3,(H2,30,31,32,33)/t21-,22+/m1/s1. The molecule has 2 aromatic rings. The molecule has 1 saturated heterocycles. The largest absolute Gasteiger partial charge is 0.421 e. The number of halogens is 3. The Hall–Kier alpha value is -2.97. The molecule has 1 amide bonds. The Bertz CT molecular complexity index is 1280. The molecule has 0 radical (unpaired) electrons. The number of amides is 1. The summed E-state index contributed by atoms with van der Waals surface area (Å²) in [6.07, 6.45) is 1.33. The maximum Gasteiger partial charge on any atom is 0.421 e. The lowest BCUT2D eigenvalue weighted by atomic mass is 9.91. The van der Waals surface area contributed by atoms with E-state index in [1.807, 2.05) is 0 Å². The van der Waals surface area contributed by atoms with Crippen LogP contribution in [0.25, 0.3) is 0 Å². The number of sulfonamides is 1. The fraction of sp³-hybridized carbons (Fsp3) is 0.577. The van der Waals surface area contributed by atoms with Gasteiger partial charge in [-0.05, 0) is 70.1 Å². The number of hydrogen-bond acceptors (Lipinski definition) is 8. The minimum Gasteiger partial charge on any atom is -0.365 e. The molecule has 3 N–H and O–H groups in total. The average molecular weight is 584 g/mol. The van der Waals surface area contributed by atoms with E-state index >= 15 is 0 Å². The minimum atomic E-state index is -4.71. The molecular weight excluding hydrogens is 547 g/mol. The highest BCUT2D eigenvalue weighted by atomic mass is 32.2. The SMILES string of the molecule is CN1CCC(N(C)C(=O)c2ccc(Nc3ncc(C(F)(F)F)c(N[C@@H]4CCCC[C@@H]4NS(C)(=O)=O)n3)cc2)CC1. The number of carbonyl (C=O) groups excluding carboxylic acids is 1. The van der Waals surface area contributed by atoms with Crippen molar-refractivity contribution in [3.05, 3.63) is 41.6 Å². The maximum absolute atomic E-state index is 13.8. The van der Waals surface area contributed by atoms with Crippen molar-refractivity contribution in [1.29, 1.82) is 0 Å². The van der Waals surface area contributed by atoms with Gasteiger partial charge >= 0.3 is 6.18 Å². The average Bonchev–Trinajstić information content (AvgIpc) is 2.88. The van der Waals surface area contributed by atoms with E-state index in [1.165, 1.54) is 0 Å². The van der Waals surface area contributed by atoms with E-state index in [0.717, 1.165) is 45.0 Å². The van der Waals surface area contributed by atoms with Crippen LogP contribution in [-0.4, -0.2) is 85.7 Å². The van der Waals surface area contributed by atoms with Crippen molar-refractivity contribution in [3.8, 4) is 0 Å². The van der Waals surface area contributed by atoms with Crippen LogP contribution in [0.15, 0.2) is 30.5 Å². The van der Waals surface area contributed by atoms with E-state index < -0.39 is 39.7 Å². The van der Waals surface area contributed by atoms with E-state index in [2.05, 4.69) is 37.3 Å². The molecule has 220 valence electrons. The zero-order chi connectivity index (χ0) is 29.1. The second-order valence-corrected chi connectivity index (χ2v) is 12.4. The Morgan fingerprint density at radius 1 is 1.05 bits per heavy atom. The van der Waals surface area contributed by atoms with Gasteiger partial charge in [0, 0.05) is 42.6 Å². The maximum atomic E-state index is 13.8. The predicted molar refractivity (Wildman–Crippen MR) is 147 cm³/mol. The smallest absolute Gasteiger partial charge is 0.365 e. The molecule has 2 fully saturated rings. The van der Waals surface area contributed by atoms with Crippen LogP contribution in [0.1, 0.15) is 54.4 Å². The van der Waals surface area contributed by atoms with Crippen molar-refractivity contribution in [2.24, 2.45) is 0 Å². The van der Waals surface area contributed by atoms with Gasteiger partial charge in [-0.15, -0.1) is 0 Å². The first-order valence-electron chi connectivity index (χ1n) is 13.3. The van der Waals surface area contributed by atoms with Crippen LogP contribution in [0.5, 0.6) is 0 Å². The van der Waals surface area contributed by atoms with Gasteiger partial charge in [-0.25, -0.2) is 18.1 Å². The van der Waals surface area contributed by atoms with Gasteiger partial charge in [0.2, 0.25) is 16.0 Å². The molecule has 0 bridgehead atoms. The molecule has 1 aliphatic heterocycles. The molecule has 40 heavy (non-hydrogen) atoms. The van der Waals surface area contributed by atoms with Gasteiger partial charge in [0.05, 0.1) is 6.26 Å². The lowest BCUT2D eigenvalue weighted by molar-refractivity contribution is -0.137. The molecule has 4 rings (SSSR count). The van der Waals surface area contributed by atoms with Crippen LogP contribution in [0, 0.1) is 0 Å². The molecule has 1 aromatic carbocycles. The summed E-state index contributed by atoms with van der Waals surface area (Å²) in [6, 6.07) is 5.65. The fourth-order valence-corrected chi connectivity index (χ4v) is 6.06. The summed E-state index contributed by atoms with van der Waals surface area (Å²) in [7, 11) is 0.318. The molecule has 14 heteroatoms. The number of nitrogens with zero attached hydrogens (tertiary/aromatic N) is 4. The molecule has 1 saturated carbocycles. The lowest BCUT2D eigenvalue weighted by Gasteiger charge is -2.35. The van der Waals surface area contributed by atoms with Crippen LogP contribution in [-0.2, 0) is 16.2 Å². The Balaban J connectivity index is 1.49. The van der Waals surface area contributed by atoms with Crippen LogP contribution >= 0.6 is 0 Å². The van der Waals surface area contributed by atoms with E-state index in [-0.39, 0.29) is 17.9 Å². The third kappa shape index (κ3) is 7.82. The Morgan fingerprint density at radius 3 is 2.27 bits per heavy atom. The number of nitrogens with one attached hydrogen (secondary N) is 3. The second kappa shape index (κ2) is 12.3. The number of carbonyl (C=O) groups is 1. The fourth-order valence-electron chi connectivity index (χ4n) is 5.23. The highest BCUT2D eigenvalue weighted by Crippen LogP contribution is 2.35. The van der Waals surface area contributed by atoms with Gasteiger partial charge in [-0.1, -0.05) is 12.8 Å². The summed E-state index contributed by atoms with van der Waals surface area (Å²) in [6.45, 7) is 1.87. The number of aromatic nitrogens is 2. The summed E-state index contributed by atoms with van der Waals surface area (Å²) >= 11 is 0. The van der Waals surface area contributed by atoms with Crippen LogP contribution in [0.3, 0.4) is 0 Å². The Kier molecular flexibility index (Phi) is 9.20. The van der Waals surface area contributed by atoms with Crippen molar-refractivity contribution >= 4 is 33.4 Å². The van der Waals surface area contributed by atoms with Gasteiger partial charge in [0.15, 0.2) is 0 Å². The first kappa shape index (κ1) is 30.0. The zero-order valence-electron chi connectivity index (χ0n) is 22.8. The van der Waals surface area contributed by atoms with Crippen molar-refractivity contribution in [3.63, 3.8) is 0 Å². The number of anilines is 3. The zero-order valence-corrected chi connectivity index (χ0v) is 23.6. The summed E-state index contributed by atoms with van der Waals surface area (Å²) in [5.41, 5.74) is -0.0394. The van der Waals surface area contributed by atoms with Gasteiger partial charge < -0.3 is 20.4 Å². The van der Waals surface area contributed by atoms with Crippen LogP contribution < -0.4 is 15.4 Å². The predicted octanol–water partition coefficient (Wildman–Crippen LogP) is 3.68. The summed E-state index contributed by atoms with van der Waals surface area (Å²) in [4.78, 5) is 24.9. The summed E-state index contributed by atoms with van der Waals surface area (Å²) < 4.78 is 67.5. The molecule has 1 aromatic heterocycles. The summed E-state index contributed by atoms with van der Waals surface area (Å²) in [5.74, 6) is -0.590. The van der Waals surface area contributed by atoms with Crippen molar-refractivity contribution in [2.75, 3.05) is 44.1 Å². The quantitative estimate of drug-likeness (QED) is 0.431. The van der Waals surface area contributed by atoms with Gasteiger partial charge in [0.1, 0.15) is 11.4 Å². The first-order chi connectivity index (χ1) is 18.8. The number of piperidine rings is 1. The summed E-state index contributed by atoms with van der Waals surface area (Å²) in [5, 5.41) is 5.74. The lowest BCUT2D eigenvalue weighted by Crippen LogP contribution is -2.48. The number of rotatable bonds is 8. The third-order valence-corrected chi connectivity index (χ3v) is 8.22. The Labute approximate surface area is 232 Å². The first-order valence-corrected chi connectivity index (χ1v) is 15.2. The second-order valence-electron chi connectivity index (χ2n) is 10.6. The highest BCUT2D eigenvalue weighted by molar-refractivity contribution is 7.88. The number of likely N-dealkylation sites (tertiary alicyclic amines) is 1. The number of alkyl halides is 3. The van der Waals surface area contributed by atoms with E-state index in [0.29, 0.717) is 30.3 Å². The van der Waals surface area contributed by atoms with Crippen molar-refractivity contribution < 1.29 is 26.4 Å². The molecule has 1 aliphatic carbocycles. The van der Waals surface area contributed by atoms with E-state index in [4.69, 9.17) is 0 Å². The highest BCUT2D eigenvalue weighted by Gasteiger charge is 2.37. The van der Waals surface area contributed by atoms with E-state index in [1.54, 1.807) is 36.2 Å². The molecule has 2 atom stereocenters. The molecule has 0 unspecified atom stereocenters. The van der Waals surface area contributed by atoms with Crippen molar-refractivity contribution in [2.45, 2.75) is 62.8 Å². The topological polar surface area (TPSA) is 120 Å². The minimum absolute atomic E-state index is 0.0681. The third-order valence-electron chi connectivity index (χ3n) is 7.49. The molecule has 10 nitrogen and oxygen atoms in total. The van der Waals surface area contributed by atoms with Crippen molar-refractivity contribution in [1.82, 2.24) is 24.5 Å². The number of hydrogen-bond donors (Lipinski definition) is 3.